The number of hydrogen-bond donors (Lipinski definition) is 1. The molecule has 0 saturated carbocycles. The second kappa shape index (κ2) is 26.5. The Labute approximate surface area is 482 Å². The van der Waals surface area contributed by atoms with Crippen LogP contribution in [0.4, 0.5) is 87.8 Å². The van der Waals surface area contributed by atoms with Crippen LogP contribution in [0.2, 0.25) is 0 Å². The SMILES string of the molecule is COCCn1c(=O)n(CCO)c(=O)n(CCOC(=O)CCn2c(=O)n(CCC(=O)OC)c(=O)n(CCC(=O)OC(F)(F)C(F)(F)C(F)(F)C(F)(F)C(F)(F)C(F)(F)C(F)(F)C(F)(F)C(F)(F)C(F)(F)OC(=O)c3ccc4cc(C(=O)OC)ccc4c3)c2=O)c1=O. The van der Waals surface area contributed by atoms with Crippen LogP contribution < -0.4 is 34.1 Å². The molecule has 2 aromatic heterocycles. The molecule has 0 aliphatic rings. The Morgan fingerprint density at radius 2 is 0.689 bits per heavy atom. The van der Waals surface area contributed by atoms with Gasteiger partial charge in [-0.3, -0.25) is 14.4 Å². The Kier molecular flexibility index (Phi) is 21.7. The second-order valence-corrected chi connectivity index (χ2v) is 18.1. The third-order valence-corrected chi connectivity index (χ3v) is 12.5. The summed E-state index contributed by atoms with van der Waals surface area (Å²) in [6, 6.07) is 4.03. The van der Waals surface area contributed by atoms with Crippen LogP contribution in [-0.4, -0.2) is 163 Å². The van der Waals surface area contributed by atoms with Crippen LogP contribution in [0, 0.1) is 0 Å². The molecule has 24 nitrogen and oxygen atoms in total. The molecule has 0 radical (unpaired) electrons. The van der Waals surface area contributed by atoms with Gasteiger partial charge < -0.3 is 33.5 Å². The van der Waals surface area contributed by atoms with Crippen LogP contribution >= 0.6 is 0 Å². The van der Waals surface area contributed by atoms with Crippen LogP contribution in [0.15, 0.2) is 65.2 Å². The van der Waals surface area contributed by atoms with Crippen LogP contribution in [0.25, 0.3) is 10.8 Å². The molecule has 0 spiro atoms. The monoisotopic (exact) mass is 1340 g/mol. The molecule has 0 amide bonds. The van der Waals surface area contributed by atoms with Gasteiger partial charge in [0.1, 0.15) is 6.61 Å². The summed E-state index contributed by atoms with van der Waals surface area (Å²) in [5.74, 6) is -83.7. The Morgan fingerprint density at radius 1 is 0.378 bits per heavy atom. The van der Waals surface area contributed by atoms with Crippen molar-refractivity contribution in [1.82, 2.24) is 27.4 Å². The summed E-state index contributed by atoms with van der Waals surface area (Å²) >= 11 is 0. The van der Waals surface area contributed by atoms with E-state index >= 15 is 0 Å². The lowest BCUT2D eigenvalue weighted by atomic mass is 9.87. The van der Waals surface area contributed by atoms with Crippen molar-refractivity contribution in [3.05, 3.63) is 110 Å². The predicted molar refractivity (Wildman–Crippen MR) is 250 cm³/mol. The van der Waals surface area contributed by atoms with Gasteiger partial charge in [0.05, 0.1) is 77.5 Å². The molecule has 4 aromatic rings. The third-order valence-electron chi connectivity index (χ3n) is 12.5. The average Bonchev–Trinajstić information content (AvgIpc) is 0.690. The number of aliphatic hydroxyl groups is 1. The molecule has 0 unspecified atom stereocenters. The second-order valence-electron chi connectivity index (χ2n) is 18.1. The summed E-state index contributed by atoms with van der Waals surface area (Å²) in [5.41, 5.74) is -11.4. The number of halogens is 20. The van der Waals surface area contributed by atoms with Crippen LogP contribution in [0.5, 0.6) is 0 Å². The molecule has 2 heterocycles. The number of alkyl halides is 20. The maximum absolute atomic E-state index is 14.8. The smallest absolute Gasteiger partial charge is 0.469 e. The molecule has 2 aromatic carbocycles. The van der Waals surface area contributed by atoms with Gasteiger partial charge in [-0.2, -0.15) is 87.8 Å². The molecule has 0 fully saturated rings. The minimum Gasteiger partial charge on any atom is -0.469 e. The van der Waals surface area contributed by atoms with Gasteiger partial charge in [0.15, 0.2) is 0 Å². The lowest BCUT2D eigenvalue weighted by molar-refractivity contribution is -0.484. The van der Waals surface area contributed by atoms with Gasteiger partial charge in [0.25, 0.3) is 0 Å². The number of aliphatic hydroxyl groups excluding tert-OH is 1. The fraction of sp³-hybridized carbons (Fsp3) is 0.543. The van der Waals surface area contributed by atoms with Crippen LogP contribution in [0.1, 0.15) is 40.0 Å². The molecule has 90 heavy (non-hydrogen) atoms. The van der Waals surface area contributed by atoms with E-state index in [1.54, 1.807) is 0 Å². The van der Waals surface area contributed by atoms with E-state index in [0.717, 1.165) is 32.4 Å². The maximum atomic E-state index is 14.8. The molecule has 0 atom stereocenters. The minimum atomic E-state index is -9.57. The van der Waals surface area contributed by atoms with Gasteiger partial charge in [0, 0.05) is 26.7 Å². The van der Waals surface area contributed by atoms with E-state index in [-0.39, 0.29) is 32.1 Å². The molecule has 4 rings (SSSR count). The van der Waals surface area contributed by atoms with Crippen molar-refractivity contribution in [2.75, 3.05) is 41.2 Å². The molecular formula is C46H40F20N6O18. The predicted octanol–water partition coefficient (Wildman–Crippen LogP) is 3.49. The molecule has 44 heteroatoms. The van der Waals surface area contributed by atoms with E-state index in [0.29, 0.717) is 31.9 Å². The first kappa shape index (κ1) is 73.9. The number of nitrogens with zero attached hydrogens (tertiary/aromatic N) is 6. The zero-order valence-corrected chi connectivity index (χ0v) is 45.1. The number of hydrogen-bond acceptors (Lipinski definition) is 18. The van der Waals surface area contributed by atoms with E-state index in [9.17, 15) is 146 Å². The highest BCUT2D eigenvalue weighted by molar-refractivity contribution is 5.99. The number of ether oxygens (including phenoxy) is 6. The number of esters is 5. The first-order valence-corrected chi connectivity index (χ1v) is 24.2. The first-order chi connectivity index (χ1) is 41.1. The summed E-state index contributed by atoms with van der Waals surface area (Å²) in [6.45, 7) is -8.38. The summed E-state index contributed by atoms with van der Waals surface area (Å²) in [5, 5.41) is 8.78. The zero-order valence-electron chi connectivity index (χ0n) is 45.1. The summed E-state index contributed by atoms with van der Waals surface area (Å²) in [4.78, 5) is 139. The standard InChI is InChI=1S/C46H40F20N6O18/c1-85-18-15-71-34(82)70(14-17-73)35(83)72(36(71)84)16-19-88-27(75)9-12-68-31(79)67(11-8-26(74)86-2)32(80)69(33(68)81)13-10-28(76)89-45(63,64)43(59,60)41(55,56)39(51,52)37(47,48)38(49,50)40(53,54)42(57,58)44(61,62)46(65,66)90-30(78)25-7-5-22-20-24(29(77)87-3)6-4-23(22)21-25/h4-7,20-21,73H,8-19H2,1-3H3. The highest BCUT2D eigenvalue weighted by Crippen LogP contribution is 2.66. The van der Waals surface area contributed by atoms with Crippen molar-refractivity contribution in [2.24, 2.45) is 0 Å². The lowest BCUT2D eigenvalue weighted by Crippen LogP contribution is -2.77. The fourth-order valence-corrected chi connectivity index (χ4v) is 7.49. The van der Waals surface area contributed by atoms with E-state index in [2.05, 4.69) is 18.9 Å². The molecule has 0 aliphatic heterocycles. The van der Waals surface area contributed by atoms with Gasteiger partial charge in [0.2, 0.25) is 0 Å². The van der Waals surface area contributed by atoms with E-state index in [4.69, 9.17) is 9.47 Å². The van der Waals surface area contributed by atoms with E-state index in [1.807, 2.05) is 0 Å². The molecule has 1 N–H and O–H groups in total. The highest BCUT2D eigenvalue weighted by Gasteiger charge is 2.98. The fourth-order valence-electron chi connectivity index (χ4n) is 7.49. The minimum absolute atomic E-state index is 0.140. The lowest BCUT2D eigenvalue weighted by Gasteiger charge is -2.44. The normalized spacial score (nSPS) is 13.3. The van der Waals surface area contributed by atoms with Gasteiger partial charge in [-0.15, -0.1) is 0 Å². The number of carbonyl (C=O) groups is 5. The van der Waals surface area contributed by atoms with Crippen molar-refractivity contribution in [2.45, 2.75) is 118 Å². The van der Waals surface area contributed by atoms with Crippen molar-refractivity contribution in [3.63, 3.8) is 0 Å². The Balaban J connectivity index is 1.59. The van der Waals surface area contributed by atoms with Gasteiger partial charge in [-0.05, 0) is 35.0 Å². The number of methoxy groups -OCH3 is 3. The first-order valence-electron chi connectivity index (χ1n) is 24.2. The number of carbonyl (C=O) groups excluding carboxylic acids is 5. The molecule has 0 saturated heterocycles. The van der Waals surface area contributed by atoms with E-state index < -0.39 is 205 Å². The molecule has 502 valence electrons. The summed E-state index contributed by atoms with van der Waals surface area (Å²) in [7, 11) is 2.80. The van der Waals surface area contributed by atoms with E-state index in [1.165, 1.54) is 7.11 Å². The Hall–Kier alpha value is -8.61. The van der Waals surface area contributed by atoms with Crippen molar-refractivity contribution < 1.29 is 145 Å². The Bertz CT molecular complexity index is 3780. The topological polar surface area (TPSA) is 293 Å². The highest BCUT2D eigenvalue weighted by atomic mass is 19.4. The average molecular weight is 1340 g/mol. The third kappa shape index (κ3) is 13.2. The van der Waals surface area contributed by atoms with Crippen LogP contribution in [-0.2, 0) is 82.1 Å². The number of rotatable bonds is 30. The summed E-state index contributed by atoms with van der Waals surface area (Å²) in [6.07, 6.45) is -20.2. The van der Waals surface area contributed by atoms with Gasteiger partial charge >= 0.3 is 124 Å². The van der Waals surface area contributed by atoms with Crippen molar-refractivity contribution >= 4 is 40.6 Å². The van der Waals surface area contributed by atoms with Gasteiger partial charge in [-0.1, -0.05) is 12.1 Å². The number of fused-ring (bicyclic) bond motifs is 1. The maximum Gasteiger partial charge on any atom is 0.473 e. The van der Waals surface area contributed by atoms with Crippen molar-refractivity contribution in [3.8, 4) is 0 Å². The molecule has 0 bridgehead atoms. The number of aromatic nitrogens is 6. The van der Waals surface area contributed by atoms with Gasteiger partial charge in [-0.25, -0.2) is 65.8 Å². The summed E-state index contributed by atoms with van der Waals surface area (Å²) < 4.78 is 319. The molecule has 0 aliphatic carbocycles. The Morgan fingerprint density at radius 3 is 1.04 bits per heavy atom. The quantitative estimate of drug-likeness (QED) is 0.0444. The molecular weight excluding hydrogens is 1300 g/mol. The zero-order chi connectivity index (χ0) is 69.1. The van der Waals surface area contributed by atoms with Crippen LogP contribution in [0.3, 0.4) is 0 Å². The number of benzene rings is 2. The van der Waals surface area contributed by atoms with Crippen molar-refractivity contribution in [1.29, 1.82) is 0 Å². The largest absolute Gasteiger partial charge is 0.473 e.